The molecule has 0 aliphatic carbocycles. The van der Waals surface area contributed by atoms with Crippen LogP contribution < -0.4 is 5.32 Å². The van der Waals surface area contributed by atoms with Gasteiger partial charge < -0.3 is 10.1 Å². The van der Waals surface area contributed by atoms with E-state index < -0.39 is 29.9 Å². The lowest BCUT2D eigenvalue weighted by molar-refractivity contribution is -0.114. The molecule has 2 aromatic carbocycles. The average Bonchev–Trinajstić information content (AvgIpc) is 2.59. The lowest BCUT2D eigenvalue weighted by Crippen LogP contribution is -2.16. The molecule has 2 aromatic rings. The van der Waals surface area contributed by atoms with E-state index in [4.69, 9.17) is 4.74 Å². The van der Waals surface area contributed by atoms with Gasteiger partial charge in [-0.3, -0.25) is 9.59 Å². The number of carbonyl (C=O) groups is 3. The van der Waals surface area contributed by atoms with Gasteiger partial charge in [0.2, 0.25) is 11.7 Å². The molecule has 142 valence electrons. The lowest BCUT2D eigenvalue weighted by atomic mass is 10.1. The van der Waals surface area contributed by atoms with Gasteiger partial charge in [-0.1, -0.05) is 11.8 Å². The Balaban J connectivity index is 1.96. The molecule has 0 saturated heterocycles. The number of hydrogen-bond acceptors (Lipinski definition) is 5. The molecule has 5 nitrogen and oxygen atoms in total. The van der Waals surface area contributed by atoms with E-state index >= 15 is 0 Å². The van der Waals surface area contributed by atoms with Crippen LogP contribution in [0.1, 0.15) is 27.6 Å². The molecular formula is C18H14F3NO4S. The Kier molecular flexibility index (Phi) is 7.00. The third kappa shape index (κ3) is 6.14. The third-order valence-electron chi connectivity index (χ3n) is 3.24. The van der Waals surface area contributed by atoms with Crippen LogP contribution in [0.15, 0.2) is 47.4 Å². The molecule has 9 heteroatoms. The second-order valence-corrected chi connectivity index (χ2v) is 6.34. The van der Waals surface area contributed by atoms with E-state index in [2.05, 4.69) is 5.32 Å². The monoisotopic (exact) mass is 397 g/mol. The molecule has 0 fully saturated rings. The summed E-state index contributed by atoms with van der Waals surface area (Å²) in [6, 6.07) is 8.74. The summed E-state index contributed by atoms with van der Waals surface area (Å²) in [5.74, 6) is -5.43. The summed E-state index contributed by atoms with van der Waals surface area (Å²) in [7, 11) is 0. The lowest BCUT2D eigenvalue weighted by Gasteiger charge is -2.08. The van der Waals surface area contributed by atoms with E-state index in [0.29, 0.717) is 11.8 Å². The minimum absolute atomic E-state index is 0.0721. The number of amides is 1. The van der Waals surface area contributed by atoms with Crippen LogP contribution >= 0.6 is 11.8 Å². The molecule has 0 unspecified atom stereocenters. The Morgan fingerprint density at radius 1 is 1.11 bits per heavy atom. The quantitative estimate of drug-likeness (QED) is 0.432. The van der Waals surface area contributed by atoms with Crippen LogP contribution in [0.2, 0.25) is 0 Å². The Labute approximate surface area is 156 Å². The first-order valence-corrected chi connectivity index (χ1v) is 8.46. The number of thioether (sulfide) groups is 1. The SMILES string of the molecule is CC(=O)Nc1ccc(C(=O)COC(=O)c2ccc(SC(F)F)cc2)c(F)c1. The standard InChI is InChI=1S/C18H14F3NO4S/c1-10(23)22-12-4-7-14(15(19)8-12)16(24)9-26-17(25)11-2-5-13(6-3-11)27-18(20)21/h2-8,18H,9H2,1H3,(H,22,23). The number of alkyl halides is 2. The summed E-state index contributed by atoms with van der Waals surface area (Å²) in [5, 5.41) is 2.38. The van der Waals surface area contributed by atoms with Crippen LogP contribution in [0.25, 0.3) is 0 Å². The van der Waals surface area contributed by atoms with Gasteiger partial charge in [-0.15, -0.1) is 0 Å². The summed E-state index contributed by atoms with van der Waals surface area (Å²) in [6.45, 7) is 0.567. The second kappa shape index (κ2) is 9.22. The number of hydrogen-bond donors (Lipinski definition) is 1. The zero-order valence-electron chi connectivity index (χ0n) is 14.0. The highest BCUT2D eigenvalue weighted by Gasteiger charge is 2.16. The number of carbonyl (C=O) groups excluding carboxylic acids is 3. The summed E-state index contributed by atoms with van der Waals surface area (Å²) in [6.07, 6.45) is 0. The highest BCUT2D eigenvalue weighted by Crippen LogP contribution is 2.25. The van der Waals surface area contributed by atoms with Crippen molar-refractivity contribution < 1.29 is 32.3 Å². The number of nitrogens with one attached hydrogen (secondary N) is 1. The van der Waals surface area contributed by atoms with Crippen LogP contribution in [0.3, 0.4) is 0 Å². The van der Waals surface area contributed by atoms with E-state index in [-0.39, 0.29) is 27.6 Å². The number of benzene rings is 2. The van der Waals surface area contributed by atoms with Crippen molar-refractivity contribution in [3.8, 4) is 0 Å². The molecule has 1 N–H and O–H groups in total. The molecule has 27 heavy (non-hydrogen) atoms. The van der Waals surface area contributed by atoms with Crippen molar-refractivity contribution in [1.82, 2.24) is 0 Å². The van der Waals surface area contributed by atoms with Crippen molar-refractivity contribution in [3.63, 3.8) is 0 Å². The number of ketones is 1. The number of ether oxygens (including phenoxy) is 1. The molecular weight excluding hydrogens is 383 g/mol. The zero-order valence-corrected chi connectivity index (χ0v) is 14.8. The van der Waals surface area contributed by atoms with E-state index in [1.807, 2.05) is 0 Å². The van der Waals surface area contributed by atoms with Gasteiger partial charge in [-0.2, -0.15) is 8.78 Å². The van der Waals surface area contributed by atoms with Crippen LogP contribution in [-0.4, -0.2) is 30.0 Å². The molecule has 0 radical (unpaired) electrons. The van der Waals surface area contributed by atoms with Crippen molar-refractivity contribution in [2.45, 2.75) is 17.6 Å². The van der Waals surface area contributed by atoms with Crippen LogP contribution in [0.5, 0.6) is 0 Å². The fourth-order valence-electron chi connectivity index (χ4n) is 2.09. The molecule has 0 aromatic heterocycles. The van der Waals surface area contributed by atoms with E-state index in [9.17, 15) is 27.6 Å². The Hall–Kier alpha value is -2.81. The average molecular weight is 397 g/mol. The van der Waals surface area contributed by atoms with E-state index in [1.54, 1.807) is 0 Å². The summed E-state index contributed by atoms with van der Waals surface area (Å²) < 4.78 is 43.3. The highest BCUT2D eigenvalue weighted by molar-refractivity contribution is 7.99. The van der Waals surface area contributed by atoms with Crippen molar-refractivity contribution in [3.05, 3.63) is 59.4 Å². The van der Waals surface area contributed by atoms with Crippen molar-refractivity contribution in [1.29, 1.82) is 0 Å². The predicted octanol–water partition coefficient (Wildman–Crippen LogP) is 4.14. The summed E-state index contributed by atoms with van der Waals surface area (Å²) >= 11 is 0.333. The van der Waals surface area contributed by atoms with Crippen molar-refractivity contribution in [2.75, 3.05) is 11.9 Å². The first kappa shape index (κ1) is 20.5. The number of esters is 1. The molecule has 0 aliphatic heterocycles. The van der Waals surface area contributed by atoms with Gasteiger partial charge in [0.05, 0.1) is 11.1 Å². The number of Topliss-reactive ketones (excluding diaryl/α,β-unsaturated/α-hetero) is 1. The molecule has 0 heterocycles. The minimum atomic E-state index is -2.58. The molecule has 2 rings (SSSR count). The molecule has 0 atom stereocenters. The summed E-state index contributed by atoms with van der Waals surface area (Å²) in [5.41, 5.74) is -0.0289. The van der Waals surface area contributed by atoms with Gasteiger partial charge in [0.15, 0.2) is 6.61 Å². The predicted molar refractivity (Wildman–Crippen MR) is 93.6 cm³/mol. The maximum absolute atomic E-state index is 14.0. The Morgan fingerprint density at radius 2 is 1.78 bits per heavy atom. The van der Waals surface area contributed by atoms with Gasteiger partial charge >= 0.3 is 5.97 Å². The van der Waals surface area contributed by atoms with Gasteiger partial charge in [0.1, 0.15) is 5.82 Å². The van der Waals surface area contributed by atoms with Gasteiger partial charge in [-0.25, -0.2) is 9.18 Å². The highest BCUT2D eigenvalue weighted by atomic mass is 32.2. The number of anilines is 1. The second-order valence-electron chi connectivity index (χ2n) is 5.28. The smallest absolute Gasteiger partial charge is 0.338 e. The fraction of sp³-hybridized carbons (Fsp3) is 0.167. The zero-order chi connectivity index (χ0) is 20.0. The van der Waals surface area contributed by atoms with Gasteiger partial charge in [-0.05, 0) is 42.5 Å². The van der Waals surface area contributed by atoms with Gasteiger partial charge in [0, 0.05) is 17.5 Å². The molecule has 0 saturated carbocycles. The molecule has 1 amide bonds. The van der Waals surface area contributed by atoms with E-state index in [1.165, 1.54) is 43.3 Å². The Bertz CT molecular complexity index is 856. The molecule has 0 spiro atoms. The number of rotatable bonds is 7. The summed E-state index contributed by atoms with van der Waals surface area (Å²) in [4.78, 5) is 35.1. The fourth-order valence-corrected chi connectivity index (χ4v) is 2.59. The first-order valence-electron chi connectivity index (χ1n) is 7.58. The molecule has 0 aliphatic rings. The van der Waals surface area contributed by atoms with Crippen molar-refractivity contribution >= 4 is 35.1 Å². The number of halogens is 3. The third-order valence-corrected chi connectivity index (χ3v) is 3.96. The first-order chi connectivity index (χ1) is 12.8. The van der Waals surface area contributed by atoms with Crippen LogP contribution in [0, 0.1) is 5.82 Å². The van der Waals surface area contributed by atoms with Crippen LogP contribution in [-0.2, 0) is 9.53 Å². The maximum Gasteiger partial charge on any atom is 0.338 e. The van der Waals surface area contributed by atoms with Crippen molar-refractivity contribution in [2.24, 2.45) is 0 Å². The Morgan fingerprint density at radius 3 is 2.33 bits per heavy atom. The van der Waals surface area contributed by atoms with Crippen LogP contribution in [0.4, 0.5) is 18.9 Å². The largest absolute Gasteiger partial charge is 0.454 e. The van der Waals surface area contributed by atoms with Gasteiger partial charge in [0.25, 0.3) is 5.76 Å². The maximum atomic E-state index is 14.0. The van der Waals surface area contributed by atoms with E-state index in [0.717, 1.165) is 6.07 Å². The normalized spacial score (nSPS) is 10.6. The minimum Gasteiger partial charge on any atom is -0.454 e. The molecule has 0 bridgehead atoms. The topological polar surface area (TPSA) is 72.5 Å².